The normalized spacial score (nSPS) is 22.0. The van der Waals surface area contributed by atoms with Crippen molar-refractivity contribution < 1.29 is 19.5 Å². The van der Waals surface area contributed by atoms with Crippen LogP contribution in [0.25, 0.3) is 11.5 Å². The predicted octanol–water partition coefficient (Wildman–Crippen LogP) is 1.00. The Morgan fingerprint density at radius 3 is 2.82 bits per heavy atom. The molecule has 0 bridgehead atoms. The van der Waals surface area contributed by atoms with E-state index in [9.17, 15) is 9.90 Å². The van der Waals surface area contributed by atoms with E-state index < -0.39 is 12.1 Å². The quantitative estimate of drug-likeness (QED) is 0.850. The average molecular weight is 303 g/mol. The van der Waals surface area contributed by atoms with E-state index in [0.29, 0.717) is 31.3 Å². The molecule has 1 saturated heterocycles. The van der Waals surface area contributed by atoms with Gasteiger partial charge in [0.2, 0.25) is 0 Å². The van der Waals surface area contributed by atoms with Crippen molar-refractivity contribution in [1.29, 1.82) is 0 Å². The number of rotatable bonds is 5. The van der Waals surface area contributed by atoms with Crippen LogP contribution in [0.15, 0.2) is 34.9 Å². The minimum absolute atomic E-state index is 0.0286. The smallest absolute Gasteiger partial charge is 0.303 e. The molecule has 2 aromatic rings. The van der Waals surface area contributed by atoms with Crippen LogP contribution in [0.3, 0.4) is 0 Å². The lowest BCUT2D eigenvalue weighted by Crippen LogP contribution is -2.22. The fourth-order valence-corrected chi connectivity index (χ4v) is 2.71. The summed E-state index contributed by atoms with van der Waals surface area (Å²) in [5, 5.41) is 22.7. The number of aliphatic hydroxyl groups is 1. The molecule has 0 unspecified atom stereocenters. The fourth-order valence-electron chi connectivity index (χ4n) is 2.71. The topological polar surface area (TPSA) is 99.7 Å². The minimum Gasteiger partial charge on any atom is -0.481 e. The van der Waals surface area contributed by atoms with Crippen LogP contribution in [0.5, 0.6) is 0 Å². The Morgan fingerprint density at radius 1 is 1.32 bits per heavy atom. The van der Waals surface area contributed by atoms with Crippen molar-refractivity contribution in [3.8, 4) is 11.5 Å². The maximum Gasteiger partial charge on any atom is 0.303 e. The monoisotopic (exact) mass is 303 g/mol. The summed E-state index contributed by atoms with van der Waals surface area (Å²) < 4.78 is 5.23. The number of aliphatic carboxylic acids is 1. The zero-order chi connectivity index (χ0) is 15.5. The summed E-state index contributed by atoms with van der Waals surface area (Å²) in [6.45, 7) is 1.37. The SMILES string of the molecule is O=C(O)C[C@@H]1CN(Cc2noc(-c3ccccc3)n2)C[C@H]1O. The number of nitrogens with zero attached hydrogens (tertiary/aromatic N) is 3. The highest BCUT2D eigenvalue weighted by Crippen LogP contribution is 2.22. The van der Waals surface area contributed by atoms with E-state index in [1.165, 1.54) is 0 Å². The summed E-state index contributed by atoms with van der Waals surface area (Å²) in [7, 11) is 0. The van der Waals surface area contributed by atoms with Crippen LogP contribution in [-0.4, -0.2) is 50.4 Å². The number of hydrogen-bond acceptors (Lipinski definition) is 6. The Labute approximate surface area is 127 Å². The zero-order valence-electron chi connectivity index (χ0n) is 11.9. The molecule has 1 aromatic carbocycles. The Balaban J connectivity index is 1.63. The zero-order valence-corrected chi connectivity index (χ0v) is 11.9. The van der Waals surface area contributed by atoms with Gasteiger partial charge in [-0.2, -0.15) is 4.98 Å². The standard InChI is InChI=1S/C15H17N3O4/c19-12-8-18(7-11(12)6-14(20)21)9-13-16-15(22-17-13)10-4-2-1-3-5-10/h1-5,11-12,19H,6-9H2,(H,20,21)/t11-,12-/m1/s1. The van der Waals surface area contributed by atoms with Crippen molar-refractivity contribution in [2.24, 2.45) is 5.92 Å². The van der Waals surface area contributed by atoms with Crippen LogP contribution in [0, 0.1) is 5.92 Å². The van der Waals surface area contributed by atoms with Crippen LogP contribution < -0.4 is 0 Å². The average Bonchev–Trinajstić information content (AvgIpc) is 3.07. The van der Waals surface area contributed by atoms with Gasteiger partial charge in [-0.05, 0) is 12.1 Å². The maximum atomic E-state index is 10.8. The molecular weight excluding hydrogens is 286 g/mol. The molecule has 116 valence electrons. The number of benzene rings is 1. The highest BCUT2D eigenvalue weighted by atomic mass is 16.5. The minimum atomic E-state index is -0.892. The van der Waals surface area contributed by atoms with Crippen LogP contribution in [-0.2, 0) is 11.3 Å². The first-order chi connectivity index (χ1) is 10.6. The Hall–Kier alpha value is -2.25. The van der Waals surface area contributed by atoms with Crippen LogP contribution >= 0.6 is 0 Å². The molecule has 22 heavy (non-hydrogen) atoms. The van der Waals surface area contributed by atoms with Crippen LogP contribution in [0.1, 0.15) is 12.2 Å². The third-order valence-electron chi connectivity index (χ3n) is 3.77. The van der Waals surface area contributed by atoms with Gasteiger partial charge in [-0.1, -0.05) is 23.4 Å². The van der Waals surface area contributed by atoms with Gasteiger partial charge in [0.1, 0.15) is 0 Å². The highest BCUT2D eigenvalue weighted by Gasteiger charge is 2.33. The molecule has 3 rings (SSSR count). The van der Waals surface area contributed by atoms with Crippen LogP contribution in [0.2, 0.25) is 0 Å². The van der Waals surface area contributed by atoms with Crippen molar-refractivity contribution in [1.82, 2.24) is 15.0 Å². The maximum absolute atomic E-state index is 10.8. The third kappa shape index (κ3) is 3.32. The second-order valence-electron chi connectivity index (χ2n) is 5.50. The summed E-state index contributed by atoms with van der Waals surface area (Å²) in [5.41, 5.74) is 0.853. The van der Waals surface area contributed by atoms with Crippen molar-refractivity contribution in [3.05, 3.63) is 36.2 Å². The van der Waals surface area contributed by atoms with Crippen molar-refractivity contribution in [2.45, 2.75) is 19.1 Å². The molecule has 0 spiro atoms. The molecule has 0 aliphatic carbocycles. The Morgan fingerprint density at radius 2 is 2.09 bits per heavy atom. The van der Waals surface area contributed by atoms with E-state index in [-0.39, 0.29) is 12.3 Å². The van der Waals surface area contributed by atoms with E-state index in [2.05, 4.69) is 10.1 Å². The number of β-amino-alcohol motifs (C(OH)–C–C–N with tert-alkyl or cyclic N) is 1. The lowest BCUT2D eigenvalue weighted by Gasteiger charge is -2.11. The number of carboxylic acid groups (broad SMARTS) is 1. The summed E-state index contributed by atoms with van der Waals surface area (Å²) >= 11 is 0. The highest BCUT2D eigenvalue weighted by molar-refractivity contribution is 5.67. The molecule has 2 N–H and O–H groups in total. The first-order valence-corrected chi connectivity index (χ1v) is 7.12. The molecule has 0 amide bonds. The van der Waals surface area contributed by atoms with E-state index in [0.717, 1.165) is 5.56 Å². The van der Waals surface area contributed by atoms with Gasteiger partial charge in [0.15, 0.2) is 5.82 Å². The molecule has 0 saturated carbocycles. The number of carboxylic acids is 1. The van der Waals surface area contributed by atoms with Crippen molar-refractivity contribution in [2.75, 3.05) is 13.1 Å². The first-order valence-electron chi connectivity index (χ1n) is 7.12. The molecule has 7 heteroatoms. The van der Waals surface area contributed by atoms with E-state index >= 15 is 0 Å². The lowest BCUT2D eigenvalue weighted by molar-refractivity contribution is -0.138. The summed E-state index contributed by atoms with van der Waals surface area (Å²) in [6, 6.07) is 9.48. The largest absolute Gasteiger partial charge is 0.481 e. The number of carbonyl (C=O) groups is 1. The molecule has 2 atom stereocenters. The number of hydrogen-bond donors (Lipinski definition) is 2. The predicted molar refractivity (Wildman–Crippen MR) is 76.8 cm³/mol. The second-order valence-corrected chi connectivity index (χ2v) is 5.50. The molecule has 1 fully saturated rings. The van der Waals surface area contributed by atoms with Gasteiger partial charge < -0.3 is 14.7 Å². The molecular formula is C15H17N3O4. The molecule has 7 nitrogen and oxygen atoms in total. The summed E-state index contributed by atoms with van der Waals surface area (Å²) in [6.07, 6.45) is -0.657. The third-order valence-corrected chi connectivity index (χ3v) is 3.77. The van der Waals surface area contributed by atoms with Gasteiger partial charge in [-0.25, -0.2) is 0 Å². The number of aromatic nitrogens is 2. The van der Waals surface area contributed by atoms with Gasteiger partial charge in [0.25, 0.3) is 5.89 Å². The van der Waals surface area contributed by atoms with Gasteiger partial charge in [0, 0.05) is 24.6 Å². The molecule has 2 heterocycles. The molecule has 1 aliphatic rings. The Bertz CT molecular complexity index is 643. The number of likely N-dealkylation sites (tertiary alicyclic amines) is 1. The van der Waals surface area contributed by atoms with Gasteiger partial charge in [0.05, 0.1) is 19.1 Å². The molecule has 1 aromatic heterocycles. The lowest BCUT2D eigenvalue weighted by atomic mass is 10.0. The summed E-state index contributed by atoms with van der Waals surface area (Å²) in [4.78, 5) is 17.0. The van der Waals surface area contributed by atoms with E-state index in [4.69, 9.17) is 9.63 Å². The summed E-state index contributed by atoms with van der Waals surface area (Å²) in [5.74, 6) is -0.158. The first kappa shape index (κ1) is 14.7. The molecule has 0 radical (unpaired) electrons. The molecule has 1 aliphatic heterocycles. The van der Waals surface area contributed by atoms with E-state index in [1.54, 1.807) is 0 Å². The van der Waals surface area contributed by atoms with Gasteiger partial charge >= 0.3 is 5.97 Å². The van der Waals surface area contributed by atoms with Crippen molar-refractivity contribution >= 4 is 5.97 Å². The second kappa shape index (κ2) is 6.25. The number of aliphatic hydroxyl groups excluding tert-OH is 1. The van der Waals surface area contributed by atoms with Crippen LogP contribution in [0.4, 0.5) is 0 Å². The van der Waals surface area contributed by atoms with Gasteiger partial charge in [-0.15, -0.1) is 0 Å². The fraction of sp³-hybridized carbons (Fsp3) is 0.400. The Kier molecular flexibility index (Phi) is 4.17. The van der Waals surface area contributed by atoms with E-state index in [1.807, 2.05) is 35.2 Å². The van der Waals surface area contributed by atoms with Crippen molar-refractivity contribution in [3.63, 3.8) is 0 Å². The van der Waals surface area contributed by atoms with Gasteiger partial charge in [-0.3, -0.25) is 9.69 Å².